The number of methoxy groups -OCH3 is 1. The largest absolute Gasteiger partial charge is 0.493 e. The lowest BCUT2D eigenvalue weighted by Gasteiger charge is -2.27. The lowest BCUT2D eigenvalue weighted by molar-refractivity contribution is -0.153. The monoisotopic (exact) mass is 703 g/mol. The maximum Gasteiger partial charge on any atom is 0.325 e. The third-order valence-corrected chi connectivity index (χ3v) is 11.3. The zero-order valence-corrected chi connectivity index (χ0v) is 28.5. The number of esters is 1. The second-order valence-electron chi connectivity index (χ2n) is 12.0. The van der Waals surface area contributed by atoms with E-state index >= 15 is 0 Å². The summed E-state index contributed by atoms with van der Waals surface area (Å²) in [6.07, 6.45) is 5.90. The molecular weight excluding hydrogens is 669 g/mol. The van der Waals surface area contributed by atoms with Crippen molar-refractivity contribution in [1.82, 2.24) is 14.2 Å². The minimum atomic E-state index is -4.17. The van der Waals surface area contributed by atoms with Crippen molar-refractivity contribution in [2.45, 2.75) is 67.8 Å². The van der Waals surface area contributed by atoms with E-state index in [2.05, 4.69) is 4.98 Å². The van der Waals surface area contributed by atoms with Gasteiger partial charge in [-0.1, -0.05) is 29.3 Å². The van der Waals surface area contributed by atoms with Gasteiger partial charge in [0.1, 0.15) is 12.1 Å². The van der Waals surface area contributed by atoms with Gasteiger partial charge in [0.2, 0.25) is 15.8 Å². The molecule has 3 aliphatic rings. The normalized spacial score (nSPS) is 19.1. The summed E-state index contributed by atoms with van der Waals surface area (Å²) >= 11 is 13.0. The molecule has 2 aromatic carbocycles. The zero-order valence-electron chi connectivity index (χ0n) is 26.2. The van der Waals surface area contributed by atoms with Crippen LogP contribution in [0.5, 0.6) is 17.2 Å². The number of carbonyl (C=O) groups is 2. The van der Waals surface area contributed by atoms with E-state index in [-0.39, 0.29) is 45.8 Å². The molecule has 11 nitrogen and oxygen atoms in total. The Bertz CT molecular complexity index is 1790. The van der Waals surface area contributed by atoms with E-state index in [1.807, 2.05) is 0 Å². The quantitative estimate of drug-likeness (QED) is 0.254. The highest BCUT2D eigenvalue weighted by atomic mass is 35.5. The number of benzene rings is 2. The molecule has 47 heavy (non-hydrogen) atoms. The second-order valence-corrected chi connectivity index (χ2v) is 14.8. The smallest absolute Gasteiger partial charge is 0.325 e. The molecule has 3 heterocycles. The van der Waals surface area contributed by atoms with Gasteiger partial charge >= 0.3 is 5.97 Å². The van der Waals surface area contributed by atoms with E-state index in [0.29, 0.717) is 47.6 Å². The van der Waals surface area contributed by atoms with Crippen LogP contribution in [0.15, 0.2) is 53.7 Å². The number of sulfonamides is 1. The molecule has 2 aliphatic heterocycles. The van der Waals surface area contributed by atoms with Gasteiger partial charge in [-0.15, -0.1) is 0 Å². The Morgan fingerprint density at radius 2 is 1.77 bits per heavy atom. The summed E-state index contributed by atoms with van der Waals surface area (Å²) in [5, 5.41) is 0.565. The van der Waals surface area contributed by atoms with Crippen LogP contribution in [0.3, 0.4) is 0 Å². The first-order valence-electron chi connectivity index (χ1n) is 15.3. The number of amides is 1. The van der Waals surface area contributed by atoms with Crippen molar-refractivity contribution in [3.05, 3.63) is 75.5 Å². The van der Waals surface area contributed by atoms with Gasteiger partial charge in [0.15, 0.2) is 11.5 Å². The highest BCUT2D eigenvalue weighted by Gasteiger charge is 2.48. The van der Waals surface area contributed by atoms with E-state index in [4.69, 9.17) is 42.1 Å². The predicted octanol–water partition coefficient (Wildman–Crippen LogP) is 5.82. The number of hydrogen-bond acceptors (Lipinski definition) is 9. The van der Waals surface area contributed by atoms with E-state index in [1.54, 1.807) is 32.3 Å². The van der Waals surface area contributed by atoms with Crippen LogP contribution in [-0.2, 0) is 26.0 Å². The predicted molar refractivity (Wildman–Crippen MR) is 174 cm³/mol. The number of nitrogens with zero attached hydrogens (tertiary/aromatic N) is 3. The molecule has 2 atom stereocenters. The van der Waals surface area contributed by atoms with Crippen LogP contribution < -0.4 is 14.2 Å². The summed E-state index contributed by atoms with van der Waals surface area (Å²) in [7, 11) is 0.534. The van der Waals surface area contributed by atoms with E-state index in [9.17, 15) is 18.0 Å². The number of halogens is 2. The molecule has 0 bridgehead atoms. The highest BCUT2D eigenvalue weighted by molar-refractivity contribution is 7.89. The molecular formula is C33H35Cl2N3O8S. The summed E-state index contributed by atoms with van der Waals surface area (Å²) < 4.78 is 53.6. The fourth-order valence-corrected chi connectivity index (χ4v) is 8.60. The molecule has 0 radical (unpaired) electrons. The van der Waals surface area contributed by atoms with Gasteiger partial charge in [-0.2, -0.15) is 4.31 Å². The molecule has 1 aliphatic carbocycles. The van der Waals surface area contributed by atoms with Gasteiger partial charge in [-0.25, -0.2) is 8.42 Å². The zero-order chi connectivity index (χ0) is 33.5. The molecule has 250 valence electrons. The van der Waals surface area contributed by atoms with E-state index in [0.717, 1.165) is 17.1 Å². The summed E-state index contributed by atoms with van der Waals surface area (Å²) in [6.45, 7) is 0.109. The standard InChI is InChI=1S/C33H35Cl2N3O8S/c1-37(2)31(39)20-8-6-9-21(16-20)47(41,42)38-15-7-10-26(38)32(40)44-28(17-23-24(34)18-36-19-25(23)35)22-11-12-27(43-3)30-29(22)45-33(46-30)13-4-5-14-33/h6,8-9,11-12,16,18-19,26,28H,4-5,7,10,13-15,17H2,1-3H3/t26-,28?/m0/s1. The lowest BCUT2D eigenvalue weighted by Crippen LogP contribution is -2.42. The molecule has 0 N–H and O–H groups in total. The van der Waals surface area contributed by atoms with Crippen LogP contribution in [0, 0.1) is 0 Å². The fraction of sp³-hybridized carbons (Fsp3) is 0.424. The Balaban J connectivity index is 1.35. The Hall–Kier alpha value is -3.58. The minimum absolute atomic E-state index is 0.0508. The maximum atomic E-state index is 14.1. The van der Waals surface area contributed by atoms with Crippen LogP contribution in [0.4, 0.5) is 0 Å². The first-order valence-corrected chi connectivity index (χ1v) is 17.5. The summed E-state index contributed by atoms with van der Waals surface area (Å²) in [6, 6.07) is 8.15. The molecule has 3 aromatic rings. The Morgan fingerprint density at radius 3 is 2.45 bits per heavy atom. The maximum absolute atomic E-state index is 14.1. The van der Waals surface area contributed by atoms with Crippen molar-refractivity contribution in [2.24, 2.45) is 0 Å². The first kappa shape index (κ1) is 33.3. The average Bonchev–Trinajstić information content (AvgIpc) is 3.82. The van der Waals surface area contributed by atoms with Crippen molar-refractivity contribution in [1.29, 1.82) is 0 Å². The van der Waals surface area contributed by atoms with Crippen LogP contribution in [-0.4, -0.2) is 74.1 Å². The molecule has 6 rings (SSSR count). The molecule has 1 unspecified atom stereocenters. The number of carbonyl (C=O) groups excluding carboxylic acids is 2. The molecule has 1 aromatic heterocycles. The molecule has 1 saturated carbocycles. The molecule has 1 spiro atoms. The van der Waals surface area contributed by atoms with Crippen LogP contribution >= 0.6 is 23.2 Å². The van der Waals surface area contributed by atoms with Gasteiger partial charge in [0.05, 0.1) is 22.1 Å². The van der Waals surface area contributed by atoms with Crippen molar-refractivity contribution >= 4 is 45.1 Å². The number of hydrogen-bond donors (Lipinski definition) is 0. The fourth-order valence-electron chi connectivity index (χ4n) is 6.39. The molecule has 14 heteroatoms. The lowest BCUT2D eigenvalue weighted by atomic mass is 10.00. The molecule has 2 fully saturated rings. The topological polar surface area (TPSA) is 125 Å². The van der Waals surface area contributed by atoms with E-state index < -0.39 is 33.9 Å². The van der Waals surface area contributed by atoms with Crippen molar-refractivity contribution in [3.63, 3.8) is 0 Å². The van der Waals surface area contributed by atoms with Gasteiger partial charge < -0.3 is 23.8 Å². The van der Waals surface area contributed by atoms with Gasteiger partial charge in [-0.05, 0) is 61.6 Å². The Morgan fingerprint density at radius 1 is 1.06 bits per heavy atom. The second kappa shape index (κ2) is 13.1. The first-order chi connectivity index (χ1) is 22.4. The third kappa shape index (κ3) is 6.36. The number of aromatic nitrogens is 1. The summed E-state index contributed by atoms with van der Waals surface area (Å²) in [5.41, 5.74) is 1.22. The number of fused-ring (bicyclic) bond motifs is 1. The highest BCUT2D eigenvalue weighted by Crippen LogP contribution is 2.54. The van der Waals surface area contributed by atoms with Crippen LogP contribution in [0.25, 0.3) is 0 Å². The number of pyridine rings is 1. The van der Waals surface area contributed by atoms with Crippen molar-refractivity contribution in [2.75, 3.05) is 27.7 Å². The molecule has 1 saturated heterocycles. The summed E-state index contributed by atoms with van der Waals surface area (Å²) in [5.74, 6) is -0.642. The Labute approximate surface area is 283 Å². The summed E-state index contributed by atoms with van der Waals surface area (Å²) in [4.78, 5) is 31.9. The molecule has 1 amide bonds. The Kier molecular flexibility index (Phi) is 9.32. The van der Waals surface area contributed by atoms with Crippen LogP contribution in [0.2, 0.25) is 10.0 Å². The van der Waals surface area contributed by atoms with Gasteiger partial charge in [0.25, 0.3) is 11.7 Å². The third-order valence-electron chi connectivity index (χ3n) is 8.78. The van der Waals surface area contributed by atoms with Crippen molar-refractivity contribution < 1.29 is 37.0 Å². The van der Waals surface area contributed by atoms with Gasteiger partial charge in [-0.3, -0.25) is 14.6 Å². The van der Waals surface area contributed by atoms with E-state index in [1.165, 1.54) is 42.6 Å². The average molecular weight is 705 g/mol. The SMILES string of the molecule is COc1ccc(C(Cc2c(Cl)cncc2Cl)OC(=O)[C@@H]2CCCN2S(=O)(=O)c2cccc(C(=O)N(C)C)c2)c2c1OC1(CCCC1)O2. The number of ether oxygens (including phenoxy) is 4. The minimum Gasteiger partial charge on any atom is -0.493 e. The van der Waals surface area contributed by atoms with Gasteiger partial charge in [0, 0.05) is 63.4 Å². The number of rotatable bonds is 9. The van der Waals surface area contributed by atoms with Crippen LogP contribution in [0.1, 0.15) is 66.1 Å². The van der Waals surface area contributed by atoms with Crippen molar-refractivity contribution in [3.8, 4) is 17.2 Å².